The van der Waals surface area contributed by atoms with Crippen LogP contribution in [0.3, 0.4) is 0 Å². The Morgan fingerprint density at radius 2 is 0.944 bits per heavy atom. The van der Waals surface area contributed by atoms with Gasteiger partial charge in [0.05, 0.1) is 16.1 Å². The summed E-state index contributed by atoms with van der Waals surface area (Å²) in [5, 5.41) is 0. The fourth-order valence-electron chi connectivity index (χ4n) is 2.72. The van der Waals surface area contributed by atoms with E-state index in [1.807, 2.05) is 39.3 Å². The number of rotatable bonds is 4. The summed E-state index contributed by atoms with van der Waals surface area (Å²) in [5.41, 5.74) is 10.9. The minimum absolute atomic E-state index is 0. The summed E-state index contributed by atoms with van der Waals surface area (Å²) < 4.78 is -1.07. The van der Waals surface area contributed by atoms with Crippen LogP contribution >= 0.6 is 0 Å². The third-order valence-electron chi connectivity index (χ3n) is 2.99. The van der Waals surface area contributed by atoms with Gasteiger partial charge in [-0.25, -0.2) is 0 Å². The molecule has 0 aromatic carbocycles. The maximum absolute atomic E-state index is 11.7. The van der Waals surface area contributed by atoms with Gasteiger partial charge in [0.2, 0.25) is 11.8 Å². The Morgan fingerprint density at radius 3 is 0.944 bits per heavy atom. The normalized spacial score (nSPS) is 11.4. The summed E-state index contributed by atoms with van der Waals surface area (Å²) in [7, 11) is -4.17. The quantitative estimate of drug-likeness (QED) is 0.386. The predicted octanol–water partition coefficient (Wildman–Crippen LogP) is -5.08. The molecule has 0 saturated heterocycles. The Bertz CT molecular complexity index is 274. The zero-order valence-corrected chi connectivity index (χ0v) is 16.8. The fraction of sp³-hybridized carbons (Fsp3) is 0.778. The molecule has 0 aliphatic heterocycles. The van der Waals surface area contributed by atoms with Crippen LogP contribution in [0.15, 0.2) is 0 Å². The molecule has 4 N–H and O–H groups in total. The van der Waals surface area contributed by atoms with E-state index in [0.29, 0.717) is 0 Å². The van der Waals surface area contributed by atoms with Gasteiger partial charge in [-0.1, -0.05) is 39.3 Å². The van der Waals surface area contributed by atoms with Crippen LogP contribution in [-0.2, 0) is 31.3 Å². The van der Waals surface area contributed by atoms with Gasteiger partial charge in [-0.05, 0) is 0 Å². The van der Waals surface area contributed by atoms with E-state index < -0.39 is 32.6 Å². The second kappa shape index (κ2) is 8.07. The molecule has 0 fully saturated rings. The van der Waals surface area contributed by atoms with Crippen molar-refractivity contribution in [2.75, 3.05) is 0 Å². The molecule has 0 aromatic rings. The molecule has 0 rings (SSSR count). The Balaban J connectivity index is -0.000000327. The van der Waals surface area contributed by atoms with Crippen molar-refractivity contribution in [3.8, 4) is 0 Å². The van der Waals surface area contributed by atoms with Crippen molar-refractivity contribution in [3.63, 3.8) is 0 Å². The number of hydrogen-bond acceptors (Lipinski definition) is 2. The minimum Gasteiger partial charge on any atom is -1.00 e. The zero-order chi connectivity index (χ0) is 12.7. The molecule has 0 saturated carbocycles. The second-order valence-corrected chi connectivity index (χ2v) is 17.0. The zero-order valence-electron chi connectivity index (χ0n) is 11.7. The summed E-state index contributed by atoms with van der Waals surface area (Å²) in [4.78, 5) is 23.5. The number of carbonyl (C=O) groups is 2. The van der Waals surface area contributed by atoms with E-state index in [9.17, 15) is 9.59 Å². The molecule has 0 heterocycles. The van der Waals surface area contributed by atoms with Crippen LogP contribution in [0, 0.1) is 0 Å². The summed E-state index contributed by atoms with van der Waals surface area (Å²) >= 11 is 0. The number of primary amides is 2. The van der Waals surface area contributed by atoms with Crippen molar-refractivity contribution in [3.05, 3.63) is 0 Å². The minimum atomic E-state index is -2.09. The first-order valence-electron chi connectivity index (χ1n) is 4.99. The van der Waals surface area contributed by atoms with E-state index in [2.05, 4.69) is 0 Å². The molecule has 2 amide bonds. The molecule has 0 bridgehead atoms. The molecule has 106 valence electrons. The number of halogens is 2. The predicted molar refractivity (Wildman–Crippen MR) is 67.8 cm³/mol. The number of nitrogens with two attached hydrogens (primary N) is 2. The summed E-state index contributed by atoms with van der Waals surface area (Å²) in [6.45, 7) is 11.8. The van der Waals surface area contributed by atoms with Crippen LogP contribution in [0.2, 0.25) is 43.9 Å². The van der Waals surface area contributed by atoms with Crippen LogP contribution in [0.1, 0.15) is 0 Å². The molecule has 0 unspecified atom stereocenters. The van der Waals surface area contributed by atoms with Crippen molar-refractivity contribution >= 4 is 28.0 Å². The Morgan fingerprint density at radius 1 is 0.778 bits per heavy atom. The Hall–Kier alpha value is 0.668. The molecule has 0 radical (unpaired) electrons. The van der Waals surface area contributed by atoms with Gasteiger partial charge < -0.3 is 36.3 Å². The Kier molecular flexibility index (Phi) is 12.1. The topological polar surface area (TPSA) is 86.2 Å². The molecule has 18 heavy (non-hydrogen) atoms. The molecular weight excluding hydrogens is 343 g/mol. The average Bonchev–Trinajstić information content (AvgIpc) is 1.75. The molecule has 9 heteroatoms. The number of carbonyl (C=O) groups excluding carboxylic acids is 2. The smallest absolute Gasteiger partial charge is 1.00 e. The van der Waals surface area contributed by atoms with E-state index in [4.69, 9.17) is 11.5 Å². The first-order chi connectivity index (χ1) is 6.39. The van der Waals surface area contributed by atoms with Gasteiger partial charge in [0.25, 0.3) is 0 Å². The molecule has 0 aliphatic carbocycles. The summed E-state index contributed by atoms with van der Waals surface area (Å²) in [6.07, 6.45) is 0. The van der Waals surface area contributed by atoms with Gasteiger partial charge in [-0.15, -0.1) is 0 Å². The molecule has 4 nitrogen and oxygen atoms in total. The van der Waals surface area contributed by atoms with Gasteiger partial charge in [0.15, 0.2) is 0 Å². The third kappa shape index (κ3) is 4.35. The number of amides is 2. The molecule has 0 aliphatic rings. The van der Waals surface area contributed by atoms with Crippen molar-refractivity contribution in [1.82, 2.24) is 0 Å². The molecule has 0 aromatic heterocycles. The summed E-state index contributed by atoms with van der Waals surface area (Å²) in [5.74, 6) is -1.07. The van der Waals surface area contributed by atoms with E-state index in [1.54, 1.807) is 0 Å². The number of hydrogen-bond donors (Lipinski definition) is 2. The van der Waals surface area contributed by atoms with Crippen molar-refractivity contribution in [2.24, 2.45) is 11.5 Å². The van der Waals surface area contributed by atoms with Gasteiger partial charge >= 0.3 is 21.7 Å². The summed E-state index contributed by atoms with van der Waals surface area (Å²) in [6, 6.07) is 0. The van der Waals surface area contributed by atoms with E-state index in [1.165, 1.54) is 0 Å². The molecule has 0 spiro atoms. The van der Waals surface area contributed by atoms with Crippen molar-refractivity contribution in [1.29, 1.82) is 0 Å². The first kappa shape index (κ1) is 27.1. The van der Waals surface area contributed by atoms with E-state index in [0.717, 1.165) is 0 Å². The third-order valence-corrected chi connectivity index (χ3v) is 13.0. The van der Waals surface area contributed by atoms with E-state index >= 15 is 0 Å². The monoisotopic (exact) mass is 364 g/mol. The SMILES string of the molecule is C[Si](C)(C)C(C(N)=O)(C(N)=O)[Si](C)(C)C.[Cl-].[Cl-].[Ti+2]. The standard InChI is InChI=1S/C9H22N2O2Si2.2ClH.Ti/c1-14(2,3)9(7(10)12,8(11)13)15(4,5)6;;;/h1-6H3,(H2,10,12)(H2,11,13);2*1H;/q;;;+2/p-2. The van der Waals surface area contributed by atoms with Crippen LogP contribution in [-0.4, -0.2) is 28.0 Å². The van der Waals surface area contributed by atoms with Crippen LogP contribution in [0.5, 0.6) is 0 Å². The van der Waals surface area contributed by atoms with Crippen molar-refractivity contribution in [2.45, 2.75) is 43.9 Å². The van der Waals surface area contributed by atoms with Gasteiger partial charge in [0.1, 0.15) is 4.66 Å². The van der Waals surface area contributed by atoms with Gasteiger partial charge in [-0.2, -0.15) is 0 Å². The maximum Gasteiger partial charge on any atom is 2.00 e. The van der Waals surface area contributed by atoms with Crippen LogP contribution in [0.4, 0.5) is 0 Å². The average molecular weight is 365 g/mol. The van der Waals surface area contributed by atoms with E-state index in [-0.39, 0.29) is 46.5 Å². The maximum atomic E-state index is 11.7. The van der Waals surface area contributed by atoms with Crippen molar-refractivity contribution < 1.29 is 56.1 Å². The second-order valence-electron chi connectivity index (χ2n) is 5.98. The Labute approximate surface area is 139 Å². The molecule has 0 atom stereocenters. The molecular formula is C9H22Cl2N2O2Si2Ti. The van der Waals surface area contributed by atoms with Gasteiger partial charge in [-0.3, -0.25) is 9.59 Å². The first-order valence-corrected chi connectivity index (χ1v) is 12.0. The fourth-order valence-corrected chi connectivity index (χ4v) is 14.7. The van der Waals surface area contributed by atoms with Crippen LogP contribution < -0.4 is 36.3 Å². The van der Waals surface area contributed by atoms with Crippen LogP contribution in [0.25, 0.3) is 0 Å². The van der Waals surface area contributed by atoms with Gasteiger partial charge in [0, 0.05) is 0 Å². The largest absolute Gasteiger partial charge is 2.00 e.